The molecule has 0 saturated carbocycles. The minimum absolute atomic E-state index is 0.0693. The first-order valence-corrected chi connectivity index (χ1v) is 10.1. The van der Waals surface area contributed by atoms with E-state index in [4.69, 9.17) is 0 Å². The summed E-state index contributed by atoms with van der Waals surface area (Å²) < 4.78 is 40.4. The molecule has 150 valence electrons. The summed E-state index contributed by atoms with van der Waals surface area (Å²) in [6.45, 7) is 2.98. The highest BCUT2D eigenvalue weighted by molar-refractivity contribution is 7.99. The molecule has 0 bridgehead atoms. The highest BCUT2D eigenvalue weighted by Gasteiger charge is 2.30. The molecule has 0 aromatic heterocycles. The van der Waals surface area contributed by atoms with E-state index in [1.54, 1.807) is 0 Å². The summed E-state index contributed by atoms with van der Waals surface area (Å²) in [5.41, 5.74) is 2.46. The maximum Gasteiger partial charge on any atom is 0.573 e. The number of benzene rings is 2. The zero-order chi connectivity index (χ0) is 20.0. The average molecular weight is 410 g/mol. The van der Waals surface area contributed by atoms with Crippen molar-refractivity contribution in [2.75, 3.05) is 29.9 Å². The topological polar surface area (TPSA) is 41.6 Å². The Kier molecular flexibility index (Phi) is 6.85. The van der Waals surface area contributed by atoms with Crippen LogP contribution in [0.5, 0.6) is 5.75 Å². The second-order valence-electron chi connectivity index (χ2n) is 6.51. The highest BCUT2D eigenvalue weighted by Crippen LogP contribution is 2.23. The SMILES string of the molecule is O=C(Cc1ccc(OC(F)(F)F)cc1)Nc1cccc(CN2CCSCC2)c1. The van der Waals surface area contributed by atoms with Gasteiger partial charge in [-0.15, -0.1) is 13.2 Å². The summed E-state index contributed by atoms with van der Waals surface area (Å²) >= 11 is 1.96. The van der Waals surface area contributed by atoms with Crippen molar-refractivity contribution in [3.05, 3.63) is 59.7 Å². The Balaban J connectivity index is 1.53. The van der Waals surface area contributed by atoms with Crippen LogP contribution in [-0.4, -0.2) is 41.8 Å². The molecule has 1 fully saturated rings. The zero-order valence-corrected chi connectivity index (χ0v) is 16.0. The van der Waals surface area contributed by atoms with Gasteiger partial charge in [0.25, 0.3) is 0 Å². The molecule has 0 atom stereocenters. The minimum atomic E-state index is -4.73. The summed E-state index contributed by atoms with van der Waals surface area (Å²) in [5.74, 6) is 1.75. The van der Waals surface area contributed by atoms with E-state index >= 15 is 0 Å². The van der Waals surface area contributed by atoms with Gasteiger partial charge in [-0.05, 0) is 35.4 Å². The number of halogens is 3. The van der Waals surface area contributed by atoms with Crippen LogP contribution in [0.1, 0.15) is 11.1 Å². The van der Waals surface area contributed by atoms with Crippen molar-refractivity contribution >= 4 is 23.4 Å². The van der Waals surface area contributed by atoms with Crippen LogP contribution in [0.15, 0.2) is 48.5 Å². The van der Waals surface area contributed by atoms with E-state index < -0.39 is 6.36 Å². The molecule has 4 nitrogen and oxygen atoms in total. The number of carbonyl (C=O) groups is 1. The van der Waals surface area contributed by atoms with E-state index in [2.05, 4.69) is 15.0 Å². The summed E-state index contributed by atoms with van der Waals surface area (Å²) in [6, 6.07) is 13.0. The summed E-state index contributed by atoms with van der Waals surface area (Å²) in [4.78, 5) is 14.7. The van der Waals surface area contributed by atoms with Crippen LogP contribution in [0.25, 0.3) is 0 Å². The van der Waals surface area contributed by atoms with Crippen molar-refractivity contribution in [3.8, 4) is 5.75 Å². The molecule has 1 saturated heterocycles. The lowest BCUT2D eigenvalue weighted by Gasteiger charge is -2.26. The van der Waals surface area contributed by atoms with Gasteiger partial charge in [0, 0.05) is 36.8 Å². The third kappa shape index (κ3) is 6.76. The van der Waals surface area contributed by atoms with Crippen LogP contribution in [-0.2, 0) is 17.8 Å². The molecule has 1 aliphatic heterocycles. The average Bonchev–Trinajstić information content (AvgIpc) is 2.63. The lowest BCUT2D eigenvalue weighted by atomic mass is 10.1. The Hall–Kier alpha value is -2.19. The van der Waals surface area contributed by atoms with Gasteiger partial charge < -0.3 is 10.1 Å². The molecule has 3 rings (SSSR count). The smallest absolute Gasteiger partial charge is 0.406 e. The first-order valence-electron chi connectivity index (χ1n) is 8.91. The number of nitrogens with zero attached hydrogens (tertiary/aromatic N) is 1. The van der Waals surface area contributed by atoms with Crippen LogP contribution in [0.3, 0.4) is 0 Å². The molecule has 2 aromatic carbocycles. The predicted octanol–water partition coefficient (Wildman–Crippen LogP) is 4.32. The molecule has 0 radical (unpaired) electrons. The largest absolute Gasteiger partial charge is 0.573 e. The number of hydrogen-bond acceptors (Lipinski definition) is 4. The summed E-state index contributed by atoms with van der Waals surface area (Å²) in [5, 5.41) is 2.85. The van der Waals surface area contributed by atoms with Gasteiger partial charge in [0.05, 0.1) is 6.42 Å². The molecule has 1 heterocycles. The van der Waals surface area contributed by atoms with Gasteiger partial charge in [0.1, 0.15) is 5.75 Å². The molecular weight excluding hydrogens is 389 g/mol. The van der Waals surface area contributed by atoms with Gasteiger partial charge in [0.15, 0.2) is 0 Å². The van der Waals surface area contributed by atoms with Crippen molar-refractivity contribution in [1.29, 1.82) is 0 Å². The summed E-state index contributed by atoms with van der Waals surface area (Å²) in [7, 11) is 0. The monoisotopic (exact) mass is 410 g/mol. The van der Waals surface area contributed by atoms with Crippen LogP contribution in [0.2, 0.25) is 0 Å². The van der Waals surface area contributed by atoms with E-state index in [1.807, 2.05) is 36.0 Å². The lowest BCUT2D eigenvalue weighted by molar-refractivity contribution is -0.274. The van der Waals surface area contributed by atoms with E-state index in [0.717, 1.165) is 36.7 Å². The van der Waals surface area contributed by atoms with Gasteiger partial charge >= 0.3 is 6.36 Å². The van der Waals surface area contributed by atoms with Crippen molar-refractivity contribution in [3.63, 3.8) is 0 Å². The fourth-order valence-electron chi connectivity index (χ4n) is 2.96. The molecule has 0 aliphatic carbocycles. The fourth-order valence-corrected chi connectivity index (χ4v) is 3.94. The number of nitrogens with one attached hydrogen (secondary N) is 1. The van der Waals surface area contributed by atoms with E-state index in [0.29, 0.717) is 11.3 Å². The number of amides is 1. The Morgan fingerprint density at radius 2 is 1.79 bits per heavy atom. The second-order valence-corrected chi connectivity index (χ2v) is 7.73. The first-order chi connectivity index (χ1) is 13.4. The number of ether oxygens (including phenoxy) is 1. The van der Waals surface area contributed by atoms with Gasteiger partial charge in [0.2, 0.25) is 5.91 Å². The summed E-state index contributed by atoms with van der Waals surface area (Å²) in [6.07, 6.45) is -4.66. The Bertz CT molecular complexity index is 791. The van der Waals surface area contributed by atoms with Crippen molar-refractivity contribution in [2.24, 2.45) is 0 Å². The van der Waals surface area contributed by atoms with Crippen LogP contribution in [0.4, 0.5) is 18.9 Å². The van der Waals surface area contributed by atoms with E-state index in [-0.39, 0.29) is 18.1 Å². The Morgan fingerprint density at radius 3 is 2.46 bits per heavy atom. The predicted molar refractivity (Wildman–Crippen MR) is 105 cm³/mol. The molecule has 0 spiro atoms. The normalized spacial score (nSPS) is 15.2. The maximum absolute atomic E-state index is 12.3. The Morgan fingerprint density at radius 1 is 1.07 bits per heavy atom. The number of thioether (sulfide) groups is 1. The third-order valence-corrected chi connectivity index (χ3v) is 5.18. The molecule has 1 N–H and O–H groups in total. The molecule has 28 heavy (non-hydrogen) atoms. The quantitative estimate of drug-likeness (QED) is 0.770. The van der Waals surface area contributed by atoms with Crippen LogP contribution < -0.4 is 10.1 Å². The second kappa shape index (κ2) is 9.34. The van der Waals surface area contributed by atoms with Crippen molar-refractivity contribution in [1.82, 2.24) is 4.90 Å². The zero-order valence-electron chi connectivity index (χ0n) is 15.2. The lowest BCUT2D eigenvalue weighted by Crippen LogP contribution is -2.31. The number of hydrogen-bond donors (Lipinski definition) is 1. The van der Waals surface area contributed by atoms with Gasteiger partial charge in [-0.1, -0.05) is 24.3 Å². The molecule has 8 heteroatoms. The molecule has 2 aromatic rings. The van der Waals surface area contributed by atoms with Gasteiger partial charge in [-0.3, -0.25) is 9.69 Å². The number of alkyl halides is 3. The molecule has 1 aliphatic rings. The van der Waals surface area contributed by atoms with Gasteiger partial charge in [-0.2, -0.15) is 11.8 Å². The highest BCUT2D eigenvalue weighted by atomic mass is 32.2. The van der Waals surface area contributed by atoms with Crippen molar-refractivity contribution < 1.29 is 22.7 Å². The number of carbonyl (C=O) groups excluding carboxylic acids is 1. The van der Waals surface area contributed by atoms with Crippen molar-refractivity contribution in [2.45, 2.75) is 19.3 Å². The first kappa shape index (κ1) is 20.5. The van der Waals surface area contributed by atoms with Gasteiger partial charge in [-0.25, -0.2) is 0 Å². The van der Waals surface area contributed by atoms with Crippen LogP contribution >= 0.6 is 11.8 Å². The van der Waals surface area contributed by atoms with E-state index in [1.165, 1.54) is 24.3 Å². The molecule has 0 unspecified atom stereocenters. The maximum atomic E-state index is 12.3. The Labute approximate surface area is 166 Å². The minimum Gasteiger partial charge on any atom is -0.406 e. The van der Waals surface area contributed by atoms with E-state index in [9.17, 15) is 18.0 Å². The van der Waals surface area contributed by atoms with Crippen LogP contribution in [0, 0.1) is 0 Å². The third-order valence-electron chi connectivity index (χ3n) is 4.24. The standard InChI is InChI=1S/C20H21F3N2O2S/c21-20(22,23)27-18-6-4-15(5-7-18)13-19(26)24-17-3-1-2-16(12-17)14-25-8-10-28-11-9-25/h1-7,12H,8-11,13-14H2,(H,24,26). The molecule has 1 amide bonds. The molecular formula is C20H21F3N2O2S. The number of anilines is 1. The fraction of sp³-hybridized carbons (Fsp3) is 0.350. The number of rotatable bonds is 6.